The Bertz CT molecular complexity index is 518. The summed E-state index contributed by atoms with van der Waals surface area (Å²) in [6, 6.07) is 0. The molecule has 0 fully saturated rings. The molecule has 0 heterocycles. The maximum Gasteiger partial charge on any atom is 0.333 e. The lowest BCUT2D eigenvalue weighted by molar-refractivity contribution is -0.141. The van der Waals surface area contributed by atoms with E-state index in [-0.39, 0.29) is 18.5 Å². The molecule has 0 aliphatic rings. The highest BCUT2D eigenvalue weighted by Crippen LogP contribution is 1.95. The SMILES string of the molecule is CC=C(C)C(=O)OCC=CC#CC#CCCCOC(C)=O. The van der Waals surface area contributed by atoms with Crippen molar-refractivity contribution in [3.63, 3.8) is 0 Å². The highest BCUT2D eigenvalue weighted by molar-refractivity contribution is 5.87. The van der Waals surface area contributed by atoms with Gasteiger partial charge in [0.15, 0.2) is 0 Å². The molecule has 0 atom stereocenters. The summed E-state index contributed by atoms with van der Waals surface area (Å²) >= 11 is 0. The van der Waals surface area contributed by atoms with Crippen LogP contribution in [0.5, 0.6) is 0 Å². The summed E-state index contributed by atoms with van der Waals surface area (Å²) in [7, 11) is 0. The van der Waals surface area contributed by atoms with Crippen molar-refractivity contribution in [1.29, 1.82) is 0 Å². The predicted molar refractivity (Wildman–Crippen MR) is 80.9 cm³/mol. The van der Waals surface area contributed by atoms with Gasteiger partial charge in [-0.25, -0.2) is 4.79 Å². The van der Waals surface area contributed by atoms with E-state index in [1.807, 2.05) is 0 Å². The summed E-state index contributed by atoms with van der Waals surface area (Å²) in [5.41, 5.74) is 0.578. The molecule has 0 aliphatic heterocycles. The van der Waals surface area contributed by atoms with Crippen LogP contribution in [0.3, 0.4) is 0 Å². The van der Waals surface area contributed by atoms with Gasteiger partial charge in [-0.3, -0.25) is 4.79 Å². The van der Waals surface area contributed by atoms with Crippen molar-refractivity contribution in [3.05, 3.63) is 23.8 Å². The molecule has 4 heteroatoms. The van der Waals surface area contributed by atoms with Gasteiger partial charge in [-0.1, -0.05) is 17.9 Å². The molecule has 112 valence electrons. The zero-order chi connectivity index (χ0) is 15.9. The average molecular weight is 288 g/mol. The van der Waals surface area contributed by atoms with E-state index >= 15 is 0 Å². The van der Waals surface area contributed by atoms with Crippen molar-refractivity contribution in [2.75, 3.05) is 13.2 Å². The lowest BCUT2D eigenvalue weighted by atomic mass is 10.3. The van der Waals surface area contributed by atoms with Crippen LogP contribution in [0.15, 0.2) is 23.8 Å². The molecule has 0 N–H and O–H groups in total. The van der Waals surface area contributed by atoms with Crippen LogP contribution in [0.2, 0.25) is 0 Å². The van der Waals surface area contributed by atoms with Gasteiger partial charge in [0.1, 0.15) is 6.61 Å². The zero-order valence-electron chi connectivity index (χ0n) is 12.7. The Morgan fingerprint density at radius 3 is 2.57 bits per heavy atom. The number of unbranched alkanes of at least 4 members (excludes halogenated alkanes) is 1. The van der Waals surface area contributed by atoms with Crippen molar-refractivity contribution in [2.24, 2.45) is 0 Å². The van der Waals surface area contributed by atoms with Gasteiger partial charge in [-0.15, -0.1) is 0 Å². The molecule has 0 spiro atoms. The lowest BCUT2D eigenvalue weighted by Crippen LogP contribution is -2.05. The second-order valence-corrected chi connectivity index (χ2v) is 3.99. The Morgan fingerprint density at radius 1 is 1.14 bits per heavy atom. The van der Waals surface area contributed by atoms with Crippen molar-refractivity contribution in [2.45, 2.75) is 33.6 Å². The smallest absolute Gasteiger partial charge is 0.333 e. The first-order chi connectivity index (χ1) is 10.1. The number of hydrogen-bond acceptors (Lipinski definition) is 4. The summed E-state index contributed by atoms with van der Waals surface area (Å²) in [5, 5.41) is 0. The van der Waals surface area contributed by atoms with Crippen LogP contribution < -0.4 is 0 Å². The summed E-state index contributed by atoms with van der Waals surface area (Å²) in [6.07, 6.45) is 6.27. The van der Waals surface area contributed by atoms with Crippen molar-refractivity contribution in [1.82, 2.24) is 0 Å². The molecule has 0 saturated heterocycles. The molecule has 0 radical (unpaired) electrons. The van der Waals surface area contributed by atoms with Gasteiger partial charge in [0.25, 0.3) is 0 Å². The van der Waals surface area contributed by atoms with Gasteiger partial charge in [0, 0.05) is 18.9 Å². The average Bonchev–Trinajstić information content (AvgIpc) is 2.46. The van der Waals surface area contributed by atoms with Crippen molar-refractivity contribution in [3.8, 4) is 23.7 Å². The third-order valence-electron chi connectivity index (χ3n) is 2.24. The van der Waals surface area contributed by atoms with Gasteiger partial charge < -0.3 is 9.47 Å². The number of rotatable bonds is 6. The molecule has 4 nitrogen and oxygen atoms in total. The Balaban J connectivity index is 3.76. The first kappa shape index (κ1) is 18.5. The van der Waals surface area contributed by atoms with Gasteiger partial charge in [-0.2, -0.15) is 0 Å². The first-order valence-corrected chi connectivity index (χ1v) is 6.64. The summed E-state index contributed by atoms with van der Waals surface area (Å²) in [5.74, 6) is 10.3. The summed E-state index contributed by atoms with van der Waals surface area (Å²) in [6.45, 7) is 5.43. The number of carbonyl (C=O) groups is 2. The summed E-state index contributed by atoms with van der Waals surface area (Å²) < 4.78 is 9.71. The van der Waals surface area contributed by atoms with E-state index in [9.17, 15) is 9.59 Å². The van der Waals surface area contributed by atoms with Crippen LogP contribution in [-0.2, 0) is 19.1 Å². The van der Waals surface area contributed by atoms with E-state index in [1.165, 1.54) is 6.92 Å². The minimum absolute atomic E-state index is 0.189. The molecule has 21 heavy (non-hydrogen) atoms. The minimum Gasteiger partial charge on any atom is -0.466 e. The normalized spacial score (nSPS) is 10.1. The van der Waals surface area contributed by atoms with Crippen LogP contribution in [0, 0.1) is 23.7 Å². The molecule has 0 aromatic heterocycles. The van der Waals surface area contributed by atoms with Crippen LogP contribution in [0.1, 0.15) is 33.6 Å². The maximum absolute atomic E-state index is 11.3. The van der Waals surface area contributed by atoms with Gasteiger partial charge >= 0.3 is 11.9 Å². The topological polar surface area (TPSA) is 52.6 Å². The fourth-order valence-corrected chi connectivity index (χ4v) is 1.02. The van der Waals surface area contributed by atoms with E-state index in [4.69, 9.17) is 9.47 Å². The predicted octanol–water partition coefficient (Wildman–Crippen LogP) is 2.40. The van der Waals surface area contributed by atoms with Crippen LogP contribution in [0.25, 0.3) is 0 Å². The van der Waals surface area contributed by atoms with E-state index in [0.29, 0.717) is 25.0 Å². The summed E-state index contributed by atoms with van der Waals surface area (Å²) in [4.78, 5) is 21.7. The molecule has 0 aromatic carbocycles. The van der Waals surface area contributed by atoms with Gasteiger partial charge in [0.05, 0.1) is 6.61 Å². The van der Waals surface area contributed by atoms with Gasteiger partial charge in [0.2, 0.25) is 0 Å². The molecule has 0 rings (SSSR count). The van der Waals surface area contributed by atoms with E-state index in [1.54, 1.807) is 32.1 Å². The van der Waals surface area contributed by atoms with Crippen molar-refractivity contribution >= 4 is 11.9 Å². The fraction of sp³-hybridized carbons (Fsp3) is 0.412. The quantitative estimate of drug-likeness (QED) is 0.326. The molecule has 0 aromatic rings. The number of hydrogen-bond donors (Lipinski definition) is 0. The lowest BCUT2D eigenvalue weighted by Gasteiger charge is -1.99. The molecule has 0 amide bonds. The number of ether oxygens (including phenoxy) is 2. The molecule has 0 saturated carbocycles. The Labute approximate surface area is 126 Å². The highest BCUT2D eigenvalue weighted by atomic mass is 16.5. The standard InChI is InChI=1S/C17H20O4/c1-4-15(2)17(19)21-14-12-10-8-6-5-7-9-11-13-20-16(3)18/h4,10,12H,9,11,13-14H2,1-3H3. The van der Waals surface area contributed by atoms with Gasteiger partial charge in [-0.05, 0) is 44.3 Å². The first-order valence-electron chi connectivity index (χ1n) is 6.64. The molecular formula is C17H20O4. The monoisotopic (exact) mass is 288 g/mol. The second-order valence-electron chi connectivity index (χ2n) is 3.99. The van der Waals surface area contributed by atoms with Crippen molar-refractivity contribution < 1.29 is 19.1 Å². The molecule has 0 unspecified atom stereocenters. The van der Waals surface area contributed by atoms with E-state index in [2.05, 4.69) is 23.7 Å². The van der Waals surface area contributed by atoms with Crippen LogP contribution >= 0.6 is 0 Å². The molecular weight excluding hydrogens is 268 g/mol. The van der Waals surface area contributed by atoms with Crippen LogP contribution in [0.4, 0.5) is 0 Å². The molecule has 0 bridgehead atoms. The van der Waals surface area contributed by atoms with E-state index in [0.717, 1.165) is 0 Å². The van der Waals surface area contributed by atoms with Crippen LogP contribution in [-0.4, -0.2) is 25.2 Å². The number of allylic oxidation sites excluding steroid dienone is 2. The number of carbonyl (C=O) groups excluding carboxylic acids is 2. The number of esters is 2. The Hall–Kier alpha value is -2.46. The Morgan fingerprint density at radius 2 is 1.90 bits per heavy atom. The third-order valence-corrected chi connectivity index (χ3v) is 2.24. The molecule has 0 aliphatic carbocycles. The largest absolute Gasteiger partial charge is 0.466 e. The third kappa shape index (κ3) is 12.3. The zero-order valence-corrected chi connectivity index (χ0v) is 12.7. The fourth-order valence-electron chi connectivity index (χ4n) is 1.02. The highest BCUT2D eigenvalue weighted by Gasteiger charge is 2.01. The second kappa shape index (κ2) is 12.6. The Kier molecular flexibility index (Phi) is 11.1. The maximum atomic E-state index is 11.3. The van der Waals surface area contributed by atoms with E-state index < -0.39 is 0 Å². The minimum atomic E-state index is -0.331.